The number of nitrogens with zero attached hydrogens (tertiary/aromatic N) is 1. The molecule has 1 aliphatic rings. The number of amides is 1. The summed E-state index contributed by atoms with van der Waals surface area (Å²) < 4.78 is 16.9. The van der Waals surface area contributed by atoms with Gasteiger partial charge in [0.15, 0.2) is 11.5 Å². The predicted molar refractivity (Wildman–Crippen MR) is 130 cm³/mol. The zero-order valence-electron chi connectivity index (χ0n) is 18.1. The van der Waals surface area contributed by atoms with Gasteiger partial charge in [-0.05, 0) is 54.3 Å². The quantitative estimate of drug-likeness (QED) is 0.273. The number of ether oxygens (including phenoxy) is 3. The topological polar surface area (TPSA) is 48.0 Å². The Labute approximate surface area is 193 Å². The Morgan fingerprint density at radius 3 is 2.48 bits per heavy atom. The molecule has 0 aromatic heterocycles. The summed E-state index contributed by atoms with van der Waals surface area (Å²) in [6.45, 7) is 3.37. The first-order chi connectivity index (χ1) is 15.0. The van der Waals surface area contributed by atoms with Crippen LogP contribution >= 0.6 is 24.0 Å². The minimum Gasteiger partial charge on any atom is -0.494 e. The van der Waals surface area contributed by atoms with E-state index in [9.17, 15) is 4.79 Å². The summed E-state index contributed by atoms with van der Waals surface area (Å²) in [5, 5.41) is 0. The molecule has 0 unspecified atom stereocenters. The molecule has 0 atom stereocenters. The molecule has 1 aliphatic heterocycles. The summed E-state index contributed by atoms with van der Waals surface area (Å²) in [5.74, 6) is 2.14. The molecule has 2 aromatic carbocycles. The standard InChI is InChI=1S/C24H27NO4S2/c1-4-5-14-29-19-9-6-17(7-10-19)16-22-23(26)25(24(30)31-22)13-12-18-8-11-20(27-2)21(15-18)28-3/h6-11,15-16H,4-5,12-14H2,1-3H3/b22-16-. The molecule has 31 heavy (non-hydrogen) atoms. The van der Waals surface area contributed by atoms with Crippen molar-refractivity contribution in [3.63, 3.8) is 0 Å². The van der Waals surface area contributed by atoms with Crippen LogP contribution in [0.1, 0.15) is 30.9 Å². The average Bonchev–Trinajstić information content (AvgIpc) is 3.05. The highest BCUT2D eigenvalue weighted by molar-refractivity contribution is 8.26. The molecule has 1 fully saturated rings. The van der Waals surface area contributed by atoms with E-state index in [0.29, 0.717) is 40.3 Å². The predicted octanol–water partition coefficient (Wildman–Crippen LogP) is 5.33. The van der Waals surface area contributed by atoms with E-state index in [1.54, 1.807) is 19.1 Å². The van der Waals surface area contributed by atoms with Crippen LogP contribution in [0.25, 0.3) is 6.08 Å². The van der Waals surface area contributed by atoms with Gasteiger partial charge in [-0.2, -0.15) is 0 Å². The lowest BCUT2D eigenvalue weighted by Gasteiger charge is -2.15. The first kappa shape index (κ1) is 23.2. The van der Waals surface area contributed by atoms with Gasteiger partial charge in [0.1, 0.15) is 10.1 Å². The van der Waals surface area contributed by atoms with Gasteiger partial charge >= 0.3 is 0 Å². The number of benzene rings is 2. The third-order valence-electron chi connectivity index (χ3n) is 4.89. The summed E-state index contributed by atoms with van der Waals surface area (Å²) in [6.07, 6.45) is 4.69. The SMILES string of the molecule is CCCCOc1ccc(/C=C2\SC(=S)N(CCc3ccc(OC)c(OC)c3)C2=O)cc1. The molecule has 0 saturated carbocycles. The number of methoxy groups -OCH3 is 2. The van der Waals surface area contributed by atoms with Crippen molar-refractivity contribution in [1.29, 1.82) is 0 Å². The van der Waals surface area contributed by atoms with Crippen molar-refractivity contribution in [2.75, 3.05) is 27.4 Å². The Morgan fingerprint density at radius 2 is 1.81 bits per heavy atom. The maximum Gasteiger partial charge on any atom is 0.266 e. The van der Waals surface area contributed by atoms with E-state index in [0.717, 1.165) is 29.7 Å². The second-order valence-corrected chi connectivity index (χ2v) is 8.72. The fourth-order valence-electron chi connectivity index (χ4n) is 3.12. The molecule has 0 aliphatic carbocycles. The van der Waals surface area contributed by atoms with Crippen LogP contribution in [0.3, 0.4) is 0 Å². The maximum atomic E-state index is 12.9. The van der Waals surface area contributed by atoms with Gasteiger partial charge < -0.3 is 14.2 Å². The molecule has 2 aromatic rings. The molecule has 0 spiro atoms. The third-order valence-corrected chi connectivity index (χ3v) is 6.27. The molecule has 0 bridgehead atoms. The van der Waals surface area contributed by atoms with E-state index in [-0.39, 0.29) is 5.91 Å². The van der Waals surface area contributed by atoms with Crippen molar-refractivity contribution in [3.05, 3.63) is 58.5 Å². The number of hydrogen-bond donors (Lipinski definition) is 0. The number of thioether (sulfide) groups is 1. The highest BCUT2D eigenvalue weighted by atomic mass is 32.2. The fourth-order valence-corrected chi connectivity index (χ4v) is 4.42. The van der Waals surface area contributed by atoms with E-state index >= 15 is 0 Å². The lowest BCUT2D eigenvalue weighted by molar-refractivity contribution is -0.122. The van der Waals surface area contributed by atoms with E-state index in [4.69, 9.17) is 26.4 Å². The smallest absolute Gasteiger partial charge is 0.266 e. The molecular weight excluding hydrogens is 430 g/mol. The number of unbranched alkanes of at least 4 members (excludes halogenated alkanes) is 1. The molecule has 5 nitrogen and oxygen atoms in total. The molecule has 3 rings (SSSR count). The highest BCUT2D eigenvalue weighted by Crippen LogP contribution is 2.33. The normalized spacial score (nSPS) is 14.9. The van der Waals surface area contributed by atoms with Crippen molar-refractivity contribution in [1.82, 2.24) is 4.90 Å². The summed E-state index contributed by atoms with van der Waals surface area (Å²) >= 11 is 6.80. The van der Waals surface area contributed by atoms with Crippen LogP contribution < -0.4 is 14.2 Å². The Hall–Kier alpha value is -2.51. The first-order valence-electron chi connectivity index (χ1n) is 10.2. The van der Waals surface area contributed by atoms with Crippen LogP contribution in [-0.4, -0.2) is 42.5 Å². The number of thiocarbonyl (C=S) groups is 1. The van der Waals surface area contributed by atoms with E-state index in [1.807, 2.05) is 48.5 Å². The molecule has 0 N–H and O–H groups in total. The Morgan fingerprint density at radius 1 is 1.06 bits per heavy atom. The Bertz CT molecular complexity index is 957. The summed E-state index contributed by atoms with van der Waals surface area (Å²) in [6, 6.07) is 13.5. The molecule has 0 radical (unpaired) electrons. The van der Waals surface area contributed by atoms with Gasteiger partial charge in [-0.1, -0.05) is 55.5 Å². The first-order valence-corrected chi connectivity index (χ1v) is 11.5. The lowest BCUT2D eigenvalue weighted by atomic mass is 10.1. The second-order valence-electron chi connectivity index (χ2n) is 7.04. The van der Waals surface area contributed by atoms with Crippen molar-refractivity contribution >= 4 is 40.3 Å². The van der Waals surface area contributed by atoms with Gasteiger partial charge in [0.2, 0.25) is 0 Å². The van der Waals surface area contributed by atoms with Crippen molar-refractivity contribution in [2.45, 2.75) is 26.2 Å². The van der Waals surface area contributed by atoms with Crippen LogP contribution in [0.4, 0.5) is 0 Å². The van der Waals surface area contributed by atoms with Crippen LogP contribution in [-0.2, 0) is 11.2 Å². The molecule has 1 amide bonds. The molecule has 1 saturated heterocycles. The van der Waals surface area contributed by atoms with Crippen molar-refractivity contribution < 1.29 is 19.0 Å². The third kappa shape index (κ3) is 6.02. The fraction of sp³-hybridized carbons (Fsp3) is 0.333. The van der Waals surface area contributed by atoms with Crippen LogP contribution in [0.15, 0.2) is 47.4 Å². The van der Waals surface area contributed by atoms with E-state index in [1.165, 1.54) is 11.8 Å². The van der Waals surface area contributed by atoms with Gasteiger partial charge in [-0.15, -0.1) is 0 Å². The highest BCUT2D eigenvalue weighted by Gasteiger charge is 2.31. The summed E-state index contributed by atoms with van der Waals surface area (Å²) in [5.41, 5.74) is 2.00. The zero-order valence-corrected chi connectivity index (χ0v) is 19.7. The maximum absolute atomic E-state index is 12.9. The van der Waals surface area contributed by atoms with Gasteiger partial charge in [-0.25, -0.2) is 0 Å². The van der Waals surface area contributed by atoms with Crippen molar-refractivity contribution in [3.8, 4) is 17.2 Å². The minimum atomic E-state index is -0.0567. The van der Waals surface area contributed by atoms with Gasteiger partial charge in [0.05, 0.1) is 25.7 Å². The largest absolute Gasteiger partial charge is 0.494 e. The van der Waals surface area contributed by atoms with Crippen LogP contribution in [0.5, 0.6) is 17.2 Å². The lowest BCUT2D eigenvalue weighted by Crippen LogP contribution is -2.30. The van der Waals surface area contributed by atoms with Gasteiger partial charge in [0.25, 0.3) is 5.91 Å². The van der Waals surface area contributed by atoms with E-state index < -0.39 is 0 Å². The van der Waals surface area contributed by atoms with Crippen LogP contribution in [0, 0.1) is 0 Å². The minimum absolute atomic E-state index is 0.0567. The number of rotatable bonds is 10. The number of carbonyl (C=O) groups is 1. The van der Waals surface area contributed by atoms with Crippen molar-refractivity contribution in [2.24, 2.45) is 0 Å². The van der Waals surface area contributed by atoms with Gasteiger partial charge in [-0.3, -0.25) is 9.69 Å². The Balaban J connectivity index is 1.62. The molecule has 164 valence electrons. The summed E-state index contributed by atoms with van der Waals surface area (Å²) in [4.78, 5) is 15.2. The average molecular weight is 458 g/mol. The monoisotopic (exact) mass is 457 g/mol. The molecular formula is C24H27NO4S2. The summed E-state index contributed by atoms with van der Waals surface area (Å²) in [7, 11) is 3.22. The Kier molecular flexibility index (Phi) is 8.37. The number of carbonyl (C=O) groups excluding carboxylic acids is 1. The van der Waals surface area contributed by atoms with E-state index in [2.05, 4.69) is 6.92 Å². The van der Waals surface area contributed by atoms with Gasteiger partial charge in [0, 0.05) is 6.54 Å². The molecule has 7 heteroatoms. The van der Waals surface area contributed by atoms with Crippen LogP contribution in [0.2, 0.25) is 0 Å². The zero-order chi connectivity index (χ0) is 22.2. The second kappa shape index (κ2) is 11.2. The molecule has 1 heterocycles. The number of hydrogen-bond acceptors (Lipinski definition) is 6.